The molecule has 1 heterocycles. The summed E-state index contributed by atoms with van der Waals surface area (Å²) >= 11 is 3.56. The quantitative estimate of drug-likeness (QED) is 0.471. The fourth-order valence-electron chi connectivity index (χ4n) is 3.92. The highest BCUT2D eigenvalue weighted by molar-refractivity contribution is 9.10. The van der Waals surface area contributed by atoms with Crippen LogP contribution in [0.1, 0.15) is 29.0 Å². The smallest absolute Gasteiger partial charge is 0.231 e. The molecule has 3 rings (SSSR count). The summed E-state index contributed by atoms with van der Waals surface area (Å²) in [5.74, 6) is 0.442. The van der Waals surface area contributed by atoms with Gasteiger partial charge in [-0.05, 0) is 53.6 Å². The van der Waals surface area contributed by atoms with E-state index in [2.05, 4.69) is 25.8 Å². The number of ether oxygens (including phenoxy) is 2. The van der Waals surface area contributed by atoms with Crippen molar-refractivity contribution in [3.63, 3.8) is 0 Å². The summed E-state index contributed by atoms with van der Waals surface area (Å²) in [5, 5.41) is 12.4. The third-order valence-electron chi connectivity index (χ3n) is 5.46. The number of aliphatic hydroxyl groups is 1. The average Bonchev–Trinajstić information content (AvgIpc) is 2.79. The summed E-state index contributed by atoms with van der Waals surface area (Å²) in [5.41, 5.74) is 1.41. The van der Waals surface area contributed by atoms with Gasteiger partial charge in [-0.1, -0.05) is 60.7 Å². The Kier molecular flexibility index (Phi) is 7.70. The number of nitrogens with zero attached hydrogens (tertiary/aromatic N) is 2. The van der Waals surface area contributed by atoms with Crippen LogP contribution in [-0.2, 0) is 5.60 Å². The van der Waals surface area contributed by atoms with Gasteiger partial charge in [0.25, 0.3) is 0 Å². The first kappa shape index (κ1) is 23.3. The van der Waals surface area contributed by atoms with Gasteiger partial charge in [-0.15, -0.1) is 0 Å². The topological polar surface area (TPSA) is 54.8 Å². The SMILES string of the molecule is COc1nc(OC)c(C(c2ccccc2)C(O)(CCN(C)C)c2ccccc2)cc1Br. The highest BCUT2D eigenvalue weighted by atomic mass is 79.9. The Labute approximate surface area is 192 Å². The maximum atomic E-state index is 12.4. The van der Waals surface area contributed by atoms with Crippen LogP contribution in [0.4, 0.5) is 0 Å². The highest BCUT2D eigenvalue weighted by Gasteiger charge is 2.42. The molecule has 0 spiro atoms. The maximum Gasteiger partial charge on any atom is 0.231 e. The summed E-state index contributed by atoms with van der Waals surface area (Å²) in [7, 11) is 7.17. The van der Waals surface area contributed by atoms with Gasteiger partial charge in [-0.25, -0.2) is 0 Å². The van der Waals surface area contributed by atoms with Gasteiger partial charge in [0.2, 0.25) is 11.8 Å². The molecule has 2 atom stereocenters. The van der Waals surface area contributed by atoms with Crippen molar-refractivity contribution in [1.82, 2.24) is 9.88 Å². The molecule has 1 aromatic heterocycles. The van der Waals surface area contributed by atoms with E-state index in [1.807, 2.05) is 80.8 Å². The Morgan fingerprint density at radius 2 is 1.55 bits per heavy atom. The van der Waals surface area contributed by atoms with Gasteiger partial charge in [0, 0.05) is 18.0 Å². The summed E-state index contributed by atoms with van der Waals surface area (Å²) < 4.78 is 11.7. The third kappa shape index (κ3) is 5.09. The first-order chi connectivity index (χ1) is 14.9. The standard InChI is InChI=1S/C25H29BrN2O3/c1-28(2)16-15-25(29,19-13-9-6-10-14-19)22(18-11-7-5-8-12-18)20-17-21(26)24(31-4)27-23(20)30-3/h5-14,17,22,29H,15-16H2,1-4H3. The summed E-state index contributed by atoms with van der Waals surface area (Å²) in [6.45, 7) is 0.710. The summed E-state index contributed by atoms with van der Waals surface area (Å²) in [6.07, 6.45) is 0.524. The lowest BCUT2D eigenvalue weighted by Crippen LogP contribution is -2.37. The van der Waals surface area contributed by atoms with Crippen molar-refractivity contribution in [2.75, 3.05) is 34.9 Å². The molecule has 164 valence electrons. The minimum absolute atomic E-state index is 0.416. The minimum Gasteiger partial charge on any atom is -0.481 e. The lowest BCUT2D eigenvalue weighted by atomic mass is 9.72. The predicted molar refractivity (Wildman–Crippen MR) is 127 cm³/mol. The van der Waals surface area contributed by atoms with E-state index in [9.17, 15) is 5.11 Å². The molecule has 0 radical (unpaired) electrons. The molecule has 0 aliphatic heterocycles. The van der Waals surface area contributed by atoms with Crippen molar-refractivity contribution in [3.05, 3.63) is 87.9 Å². The van der Waals surface area contributed by atoms with E-state index in [1.54, 1.807) is 14.2 Å². The fraction of sp³-hybridized carbons (Fsp3) is 0.320. The molecule has 0 saturated carbocycles. The molecule has 3 aromatic rings. The van der Waals surface area contributed by atoms with Crippen LogP contribution < -0.4 is 9.47 Å². The van der Waals surface area contributed by atoms with Crippen molar-refractivity contribution < 1.29 is 14.6 Å². The summed E-state index contributed by atoms with van der Waals surface area (Å²) in [6, 6.07) is 21.8. The molecule has 6 heteroatoms. The number of pyridine rings is 1. The maximum absolute atomic E-state index is 12.4. The van der Waals surface area contributed by atoms with Crippen molar-refractivity contribution >= 4 is 15.9 Å². The molecule has 1 N–H and O–H groups in total. The van der Waals surface area contributed by atoms with Crippen molar-refractivity contribution in [2.24, 2.45) is 0 Å². The lowest BCUT2D eigenvalue weighted by Gasteiger charge is -2.39. The van der Waals surface area contributed by atoms with E-state index < -0.39 is 11.5 Å². The third-order valence-corrected chi connectivity index (χ3v) is 6.03. The van der Waals surface area contributed by atoms with E-state index in [0.29, 0.717) is 29.2 Å². The van der Waals surface area contributed by atoms with Gasteiger partial charge in [0.15, 0.2) is 0 Å². The Morgan fingerprint density at radius 3 is 2.10 bits per heavy atom. The van der Waals surface area contributed by atoms with Crippen LogP contribution in [0, 0.1) is 0 Å². The van der Waals surface area contributed by atoms with Crippen molar-refractivity contribution in [2.45, 2.75) is 17.9 Å². The average molecular weight is 485 g/mol. The number of halogens is 1. The van der Waals surface area contributed by atoms with Crippen LogP contribution in [-0.4, -0.2) is 49.9 Å². The fourth-order valence-corrected chi connectivity index (χ4v) is 4.41. The predicted octanol–water partition coefficient (Wildman–Crippen LogP) is 4.83. The number of hydrogen-bond donors (Lipinski definition) is 1. The molecule has 0 aliphatic rings. The Hall–Kier alpha value is -2.41. The molecule has 0 amide bonds. The van der Waals surface area contributed by atoms with Gasteiger partial charge in [0.1, 0.15) is 5.60 Å². The number of hydrogen-bond acceptors (Lipinski definition) is 5. The molecule has 5 nitrogen and oxygen atoms in total. The molecule has 0 fully saturated rings. The number of methoxy groups -OCH3 is 2. The van der Waals surface area contributed by atoms with Gasteiger partial charge < -0.3 is 19.5 Å². The monoisotopic (exact) mass is 484 g/mol. The first-order valence-corrected chi connectivity index (χ1v) is 11.0. The van der Waals surface area contributed by atoms with E-state index in [0.717, 1.165) is 16.7 Å². The molecular formula is C25H29BrN2O3. The van der Waals surface area contributed by atoms with Gasteiger partial charge in [-0.3, -0.25) is 0 Å². The summed E-state index contributed by atoms with van der Waals surface area (Å²) in [4.78, 5) is 6.62. The van der Waals surface area contributed by atoms with E-state index in [4.69, 9.17) is 9.47 Å². The van der Waals surface area contributed by atoms with Crippen molar-refractivity contribution in [3.8, 4) is 11.8 Å². The van der Waals surface area contributed by atoms with E-state index in [-0.39, 0.29) is 0 Å². The van der Waals surface area contributed by atoms with Crippen LogP contribution in [0.15, 0.2) is 71.2 Å². The molecule has 31 heavy (non-hydrogen) atoms. The van der Waals surface area contributed by atoms with Crippen molar-refractivity contribution in [1.29, 1.82) is 0 Å². The second kappa shape index (κ2) is 10.3. The van der Waals surface area contributed by atoms with Crippen LogP contribution >= 0.6 is 15.9 Å². The van der Waals surface area contributed by atoms with Gasteiger partial charge in [0.05, 0.1) is 18.7 Å². The Bertz CT molecular complexity index is 983. The number of benzene rings is 2. The molecule has 2 unspecified atom stereocenters. The zero-order chi connectivity index (χ0) is 22.4. The Balaban J connectivity index is 2.29. The van der Waals surface area contributed by atoms with Crippen LogP contribution in [0.5, 0.6) is 11.8 Å². The lowest BCUT2D eigenvalue weighted by molar-refractivity contribution is 0.00370. The molecule has 0 aliphatic carbocycles. The number of aromatic nitrogens is 1. The largest absolute Gasteiger partial charge is 0.481 e. The zero-order valence-electron chi connectivity index (χ0n) is 18.4. The van der Waals surface area contributed by atoms with Crippen LogP contribution in [0.2, 0.25) is 0 Å². The van der Waals surface area contributed by atoms with E-state index in [1.165, 1.54) is 0 Å². The van der Waals surface area contributed by atoms with Gasteiger partial charge >= 0.3 is 0 Å². The first-order valence-electron chi connectivity index (χ1n) is 10.2. The Morgan fingerprint density at radius 1 is 0.968 bits per heavy atom. The molecule has 0 bridgehead atoms. The number of rotatable bonds is 9. The second-order valence-electron chi connectivity index (χ2n) is 7.77. The zero-order valence-corrected chi connectivity index (χ0v) is 20.0. The second-order valence-corrected chi connectivity index (χ2v) is 8.62. The molecule has 0 saturated heterocycles. The van der Waals surface area contributed by atoms with E-state index >= 15 is 0 Å². The normalized spacial score (nSPS) is 14.2. The van der Waals surface area contributed by atoms with Gasteiger partial charge in [-0.2, -0.15) is 4.98 Å². The highest BCUT2D eigenvalue weighted by Crippen LogP contribution is 2.48. The van der Waals surface area contributed by atoms with Crippen LogP contribution in [0.25, 0.3) is 0 Å². The molecule has 2 aromatic carbocycles. The van der Waals surface area contributed by atoms with Crippen LogP contribution in [0.3, 0.4) is 0 Å². The minimum atomic E-state index is -1.20. The molecular weight excluding hydrogens is 456 g/mol.